The second kappa shape index (κ2) is 9.41. The lowest BCUT2D eigenvalue weighted by Gasteiger charge is -2.12. The first-order valence-electron chi connectivity index (χ1n) is 8.98. The van der Waals surface area contributed by atoms with Crippen molar-refractivity contribution >= 4 is 23.1 Å². The summed E-state index contributed by atoms with van der Waals surface area (Å²) in [4.78, 5) is 20.9. The van der Waals surface area contributed by atoms with E-state index in [1.54, 1.807) is 31.4 Å². The molecule has 0 spiro atoms. The maximum Gasteiger partial charge on any atom is 0.274 e. The Bertz CT molecular complexity index is 977. The molecule has 0 bridgehead atoms. The topological polar surface area (TPSA) is 94.6 Å². The van der Waals surface area contributed by atoms with Crippen molar-refractivity contribution in [3.8, 4) is 17.2 Å². The summed E-state index contributed by atoms with van der Waals surface area (Å²) < 4.78 is 15.9. The van der Waals surface area contributed by atoms with Crippen molar-refractivity contribution in [2.75, 3.05) is 31.5 Å². The number of hydrogen-bond acceptors (Lipinski definition) is 7. The predicted octanol–water partition coefficient (Wildman–Crippen LogP) is 3.89. The molecule has 0 aliphatic carbocycles. The first-order chi connectivity index (χ1) is 14.1. The van der Waals surface area contributed by atoms with Crippen molar-refractivity contribution in [1.82, 2.24) is 9.97 Å². The minimum Gasteiger partial charge on any atom is -0.497 e. The van der Waals surface area contributed by atoms with E-state index in [1.807, 2.05) is 31.2 Å². The van der Waals surface area contributed by atoms with Gasteiger partial charge >= 0.3 is 0 Å². The molecule has 1 aromatic heterocycles. The molecule has 8 heteroatoms. The molecule has 2 aromatic carbocycles. The summed E-state index contributed by atoms with van der Waals surface area (Å²) in [7, 11) is 3.08. The van der Waals surface area contributed by atoms with Gasteiger partial charge in [-0.25, -0.2) is 9.97 Å². The van der Waals surface area contributed by atoms with Crippen LogP contribution in [0.3, 0.4) is 0 Å². The number of benzene rings is 2. The van der Waals surface area contributed by atoms with Gasteiger partial charge in [-0.1, -0.05) is 0 Å². The standard InChI is InChI=1S/C21H22N4O4/c1-4-29-15-7-5-14(6-8-15)24-20-12-18(22-13-23-20)21(26)25-17-11-16(27-2)9-10-19(17)28-3/h5-13H,4H2,1-3H3,(H,25,26)(H,22,23,24). The number of amides is 1. The van der Waals surface area contributed by atoms with Gasteiger partial charge < -0.3 is 24.8 Å². The molecule has 1 heterocycles. The fourth-order valence-corrected chi connectivity index (χ4v) is 2.60. The Hall–Kier alpha value is -3.81. The molecule has 1 amide bonds. The van der Waals surface area contributed by atoms with Gasteiger partial charge in [0, 0.05) is 17.8 Å². The van der Waals surface area contributed by atoms with Gasteiger partial charge in [-0.05, 0) is 43.3 Å². The van der Waals surface area contributed by atoms with E-state index in [9.17, 15) is 4.79 Å². The SMILES string of the molecule is CCOc1ccc(Nc2cc(C(=O)Nc3cc(OC)ccc3OC)ncn2)cc1. The van der Waals surface area contributed by atoms with E-state index < -0.39 is 5.91 Å². The smallest absolute Gasteiger partial charge is 0.274 e. The molecule has 8 nitrogen and oxygen atoms in total. The van der Waals surface area contributed by atoms with Crippen LogP contribution in [-0.2, 0) is 0 Å². The van der Waals surface area contributed by atoms with Crippen LogP contribution < -0.4 is 24.8 Å². The maximum absolute atomic E-state index is 12.7. The van der Waals surface area contributed by atoms with Gasteiger partial charge in [0.25, 0.3) is 5.91 Å². The fourth-order valence-electron chi connectivity index (χ4n) is 2.60. The molecular weight excluding hydrogens is 372 g/mol. The number of carbonyl (C=O) groups is 1. The number of ether oxygens (including phenoxy) is 3. The van der Waals surface area contributed by atoms with Crippen molar-refractivity contribution < 1.29 is 19.0 Å². The number of rotatable bonds is 8. The Labute approximate surface area is 168 Å². The molecular formula is C21H22N4O4. The highest BCUT2D eigenvalue weighted by Crippen LogP contribution is 2.29. The molecule has 0 saturated carbocycles. The number of nitrogens with zero attached hydrogens (tertiary/aromatic N) is 2. The third kappa shape index (κ3) is 5.13. The van der Waals surface area contributed by atoms with Gasteiger partial charge in [0.15, 0.2) is 0 Å². The van der Waals surface area contributed by atoms with E-state index in [2.05, 4.69) is 20.6 Å². The lowest BCUT2D eigenvalue weighted by Crippen LogP contribution is -2.15. The first kappa shape index (κ1) is 19.9. The highest BCUT2D eigenvalue weighted by atomic mass is 16.5. The third-order valence-electron chi connectivity index (χ3n) is 3.99. The van der Waals surface area contributed by atoms with E-state index in [0.29, 0.717) is 29.6 Å². The van der Waals surface area contributed by atoms with Gasteiger partial charge in [0.2, 0.25) is 0 Å². The predicted molar refractivity (Wildman–Crippen MR) is 110 cm³/mol. The lowest BCUT2D eigenvalue weighted by molar-refractivity contribution is 0.102. The minimum atomic E-state index is -0.395. The molecule has 3 aromatic rings. The van der Waals surface area contributed by atoms with Gasteiger partial charge in [0.1, 0.15) is 35.1 Å². The molecule has 0 aliphatic heterocycles. The number of nitrogens with one attached hydrogen (secondary N) is 2. The Morgan fingerprint density at radius 3 is 2.41 bits per heavy atom. The average Bonchev–Trinajstić information content (AvgIpc) is 2.75. The van der Waals surface area contributed by atoms with Crippen molar-refractivity contribution in [1.29, 1.82) is 0 Å². The summed E-state index contributed by atoms with van der Waals surface area (Å²) in [5, 5.41) is 5.93. The first-order valence-corrected chi connectivity index (χ1v) is 8.98. The normalized spacial score (nSPS) is 10.2. The number of hydrogen-bond donors (Lipinski definition) is 2. The lowest BCUT2D eigenvalue weighted by atomic mass is 10.2. The maximum atomic E-state index is 12.7. The second-order valence-corrected chi connectivity index (χ2v) is 5.89. The van der Waals surface area contributed by atoms with Crippen LogP contribution in [0, 0.1) is 0 Å². The van der Waals surface area contributed by atoms with Gasteiger partial charge in [-0.2, -0.15) is 0 Å². The highest BCUT2D eigenvalue weighted by Gasteiger charge is 2.13. The fraction of sp³-hybridized carbons (Fsp3) is 0.190. The molecule has 29 heavy (non-hydrogen) atoms. The summed E-state index contributed by atoms with van der Waals surface area (Å²) in [5.74, 6) is 2.00. The molecule has 0 fully saturated rings. The summed E-state index contributed by atoms with van der Waals surface area (Å²) in [6, 6.07) is 14.2. The molecule has 2 N–H and O–H groups in total. The van der Waals surface area contributed by atoms with Crippen LogP contribution in [0.2, 0.25) is 0 Å². The highest BCUT2D eigenvalue weighted by molar-refractivity contribution is 6.04. The molecule has 0 unspecified atom stereocenters. The van der Waals surface area contributed by atoms with E-state index in [1.165, 1.54) is 13.4 Å². The Morgan fingerprint density at radius 2 is 1.72 bits per heavy atom. The van der Waals surface area contributed by atoms with E-state index >= 15 is 0 Å². The van der Waals surface area contributed by atoms with Gasteiger partial charge in [0.05, 0.1) is 26.5 Å². The van der Waals surface area contributed by atoms with Crippen LogP contribution in [0.4, 0.5) is 17.2 Å². The molecule has 3 rings (SSSR count). The number of anilines is 3. The molecule has 0 saturated heterocycles. The monoisotopic (exact) mass is 394 g/mol. The number of methoxy groups -OCH3 is 2. The zero-order chi connectivity index (χ0) is 20.6. The van der Waals surface area contributed by atoms with Crippen molar-refractivity contribution in [3.63, 3.8) is 0 Å². The molecule has 0 atom stereocenters. The average molecular weight is 394 g/mol. The van der Waals surface area contributed by atoms with Crippen molar-refractivity contribution in [2.24, 2.45) is 0 Å². The molecule has 0 aliphatic rings. The van der Waals surface area contributed by atoms with E-state index in [4.69, 9.17) is 14.2 Å². The third-order valence-corrected chi connectivity index (χ3v) is 3.99. The summed E-state index contributed by atoms with van der Waals surface area (Å²) in [6.45, 7) is 2.54. The minimum absolute atomic E-state index is 0.207. The van der Waals surface area contributed by atoms with Crippen LogP contribution in [-0.4, -0.2) is 36.7 Å². The van der Waals surface area contributed by atoms with Crippen LogP contribution in [0.5, 0.6) is 17.2 Å². The van der Waals surface area contributed by atoms with Crippen molar-refractivity contribution in [2.45, 2.75) is 6.92 Å². The van der Waals surface area contributed by atoms with Crippen molar-refractivity contribution in [3.05, 3.63) is 60.6 Å². The zero-order valence-corrected chi connectivity index (χ0v) is 16.4. The second-order valence-electron chi connectivity index (χ2n) is 5.89. The van der Waals surface area contributed by atoms with Crippen LogP contribution in [0.15, 0.2) is 54.9 Å². The van der Waals surface area contributed by atoms with Crippen LogP contribution >= 0.6 is 0 Å². The van der Waals surface area contributed by atoms with Gasteiger partial charge in [-0.3, -0.25) is 4.79 Å². The summed E-state index contributed by atoms with van der Waals surface area (Å²) in [5.41, 5.74) is 1.50. The summed E-state index contributed by atoms with van der Waals surface area (Å²) >= 11 is 0. The zero-order valence-electron chi connectivity index (χ0n) is 16.4. The quantitative estimate of drug-likeness (QED) is 0.598. The molecule has 150 valence electrons. The molecule has 0 radical (unpaired) electrons. The van der Waals surface area contributed by atoms with Crippen LogP contribution in [0.1, 0.15) is 17.4 Å². The Kier molecular flexibility index (Phi) is 6.47. The summed E-state index contributed by atoms with van der Waals surface area (Å²) in [6.07, 6.45) is 1.33. The van der Waals surface area contributed by atoms with E-state index in [0.717, 1.165) is 11.4 Å². The van der Waals surface area contributed by atoms with E-state index in [-0.39, 0.29) is 5.69 Å². The number of carbonyl (C=O) groups excluding carboxylic acids is 1. The largest absolute Gasteiger partial charge is 0.497 e. The Balaban J connectivity index is 1.74. The van der Waals surface area contributed by atoms with Crippen LogP contribution in [0.25, 0.3) is 0 Å². The Morgan fingerprint density at radius 1 is 0.966 bits per heavy atom. The van der Waals surface area contributed by atoms with Gasteiger partial charge in [-0.15, -0.1) is 0 Å². The number of aromatic nitrogens is 2.